The summed E-state index contributed by atoms with van der Waals surface area (Å²) in [6, 6.07) is 2.56. The first kappa shape index (κ1) is 16.2. The highest BCUT2D eigenvalue weighted by molar-refractivity contribution is 5.20. The van der Waals surface area contributed by atoms with Crippen LogP contribution in [0.4, 0.5) is 0 Å². The molecule has 1 rings (SSSR count). The lowest BCUT2D eigenvalue weighted by molar-refractivity contribution is 0.111. The van der Waals surface area contributed by atoms with Gasteiger partial charge in [0, 0.05) is 25.3 Å². The van der Waals surface area contributed by atoms with E-state index >= 15 is 0 Å². The first-order chi connectivity index (χ1) is 9.08. The molecule has 110 valence electrons. The van der Waals surface area contributed by atoms with E-state index in [1.54, 1.807) is 7.11 Å². The second kappa shape index (κ2) is 8.35. The summed E-state index contributed by atoms with van der Waals surface area (Å²) in [5, 5.41) is 3.36. The molecular weight excluding hydrogens is 240 g/mol. The molecule has 0 aliphatic heterocycles. The van der Waals surface area contributed by atoms with E-state index in [9.17, 15) is 0 Å². The molecule has 0 aromatic carbocycles. The average molecular weight is 268 g/mol. The van der Waals surface area contributed by atoms with E-state index in [0.29, 0.717) is 6.04 Å². The fourth-order valence-corrected chi connectivity index (χ4v) is 2.01. The number of methoxy groups -OCH3 is 1. The zero-order valence-corrected chi connectivity index (χ0v) is 13.0. The van der Waals surface area contributed by atoms with E-state index in [1.807, 2.05) is 6.92 Å². The van der Waals surface area contributed by atoms with Crippen molar-refractivity contribution in [2.45, 2.75) is 46.3 Å². The Morgan fingerprint density at radius 1 is 1.47 bits per heavy atom. The molecule has 4 heteroatoms. The van der Waals surface area contributed by atoms with Gasteiger partial charge in [-0.25, -0.2) is 0 Å². The van der Waals surface area contributed by atoms with Crippen LogP contribution >= 0.6 is 0 Å². The van der Waals surface area contributed by atoms with Crippen LogP contribution in [0, 0.1) is 6.92 Å². The number of rotatable bonds is 9. The molecule has 0 saturated carbocycles. The third kappa shape index (κ3) is 5.35. The van der Waals surface area contributed by atoms with Gasteiger partial charge in [0.1, 0.15) is 11.5 Å². The smallest absolute Gasteiger partial charge is 0.118 e. The molecule has 0 radical (unpaired) electrons. The fourth-order valence-electron chi connectivity index (χ4n) is 2.01. The minimum atomic E-state index is 0.404. The van der Waals surface area contributed by atoms with Crippen molar-refractivity contribution >= 4 is 0 Å². The molecule has 1 N–H and O–H groups in total. The Bertz CT molecular complexity index is 363. The number of nitrogens with one attached hydrogen (secondary N) is 1. The summed E-state index contributed by atoms with van der Waals surface area (Å²) in [6.45, 7) is 9.85. The highest BCUT2D eigenvalue weighted by Crippen LogP contribution is 2.17. The van der Waals surface area contributed by atoms with Gasteiger partial charge in [-0.3, -0.25) is 4.90 Å². The van der Waals surface area contributed by atoms with E-state index in [1.165, 1.54) is 5.56 Å². The summed E-state index contributed by atoms with van der Waals surface area (Å²) in [6.07, 6.45) is 1.14. The molecule has 0 fully saturated rings. The van der Waals surface area contributed by atoms with Gasteiger partial charge < -0.3 is 14.5 Å². The van der Waals surface area contributed by atoms with Gasteiger partial charge >= 0.3 is 0 Å². The summed E-state index contributed by atoms with van der Waals surface area (Å²) >= 11 is 0. The number of likely N-dealkylation sites (N-methyl/N-ethyl adjacent to an activating group) is 1. The quantitative estimate of drug-likeness (QED) is 0.699. The first-order valence-corrected chi connectivity index (χ1v) is 7.06. The van der Waals surface area contributed by atoms with E-state index in [-0.39, 0.29) is 0 Å². The summed E-state index contributed by atoms with van der Waals surface area (Å²) in [5.41, 5.74) is 1.26. The zero-order valence-electron chi connectivity index (χ0n) is 13.0. The lowest BCUT2D eigenvalue weighted by Crippen LogP contribution is -2.32. The van der Waals surface area contributed by atoms with Crippen molar-refractivity contribution in [3.63, 3.8) is 0 Å². The van der Waals surface area contributed by atoms with Crippen LogP contribution in [-0.4, -0.2) is 38.3 Å². The predicted octanol–water partition coefficient (Wildman–Crippen LogP) is 2.55. The topological polar surface area (TPSA) is 37.6 Å². The maximum Gasteiger partial charge on any atom is 0.118 e. The molecule has 0 amide bonds. The Morgan fingerprint density at radius 2 is 2.21 bits per heavy atom. The second-order valence-corrected chi connectivity index (χ2v) is 5.19. The van der Waals surface area contributed by atoms with Gasteiger partial charge in [0.25, 0.3) is 0 Å². The minimum absolute atomic E-state index is 0.404. The highest BCUT2D eigenvalue weighted by Gasteiger charge is 2.13. The van der Waals surface area contributed by atoms with Gasteiger partial charge in [0.15, 0.2) is 0 Å². The van der Waals surface area contributed by atoms with Crippen molar-refractivity contribution in [3.8, 4) is 0 Å². The lowest BCUT2D eigenvalue weighted by atomic mass is 10.2. The van der Waals surface area contributed by atoms with Crippen LogP contribution in [0.5, 0.6) is 0 Å². The van der Waals surface area contributed by atoms with Gasteiger partial charge in [-0.2, -0.15) is 0 Å². The molecule has 0 saturated heterocycles. The maximum absolute atomic E-state index is 5.78. The number of hydrogen-bond acceptors (Lipinski definition) is 4. The Kier molecular flexibility index (Phi) is 7.13. The van der Waals surface area contributed by atoms with E-state index < -0.39 is 0 Å². The standard InChI is InChI=1S/C15H28N2O2/c1-6-7-16-9-15-8-14(13(3)19-15)10-17(4)12(2)11-18-5/h8,12,16H,6-7,9-11H2,1-5H3. The lowest BCUT2D eigenvalue weighted by Gasteiger charge is -2.23. The molecule has 1 unspecified atom stereocenters. The summed E-state index contributed by atoms with van der Waals surface area (Å²) in [7, 11) is 3.86. The van der Waals surface area contributed by atoms with E-state index in [2.05, 4.69) is 37.2 Å². The molecular formula is C15H28N2O2. The van der Waals surface area contributed by atoms with E-state index in [0.717, 1.165) is 44.2 Å². The van der Waals surface area contributed by atoms with Crippen molar-refractivity contribution in [3.05, 3.63) is 23.2 Å². The molecule has 1 heterocycles. The van der Waals surface area contributed by atoms with Crippen LogP contribution in [0.25, 0.3) is 0 Å². The third-order valence-electron chi connectivity index (χ3n) is 3.38. The number of ether oxygens (including phenoxy) is 1. The van der Waals surface area contributed by atoms with Crippen LogP contribution in [0.1, 0.15) is 37.4 Å². The molecule has 0 aliphatic carbocycles. The van der Waals surface area contributed by atoms with Gasteiger partial charge in [-0.15, -0.1) is 0 Å². The molecule has 19 heavy (non-hydrogen) atoms. The van der Waals surface area contributed by atoms with Gasteiger partial charge in [0.2, 0.25) is 0 Å². The number of furan rings is 1. The normalized spacial score (nSPS) is 13.2. The average Bonchev–Trinajstić information content (AvgIpc) is 2.70. The van der Waals surface area contributed by atoms with E-state index in [4.69, 9.17) is 9.15 Å². The van der Waals surface area contributed by atoms with Crippen LogP contribution in [0.2, 0.25) is 0 Å². The highest BCUT2D eigenvalue weighted by atomic mass is 16.5. The molecule has 0 aliphatic rings. The molecule has 1 atom stereocenters. The SMILES string of the molecule is CCCNCc1cc(CN(C)C(C)COC)c(C)o1. The Balaban J connectivity index is 2.53. The summed E-state index contributed by atoms with van der Waals surface area (Å²) < 4.78 is 11.0. The Labute approximate surface area is 117 Å². The van der Waals surface area contributed by atoms with Crippen LogP contribution < -0.4 is 5.32 Å². The van der Waals surface area contributed by atoms with Crippen molar-refractivity contribution in [2.75, 3.05) is 27.3 Å². The monoisotopic (exact) mass is 268 g/mol. The largest absolute Gasteiger partial charge is 0.465 e. The number of nitrogens with zero attached hydrogens (tertiary/aromatic N) is 1. The van der Waals surface area contributed by atoms with Crippen molar-refractivity contribution in [1.82, 2.24) is 10.2 Å². The Morgan fingerprint density at radius 3 is 2.84 bits per heavy atom. The predicted molar refractivity (Wildman–Crippen MR) is 78.2 cm³/mol. The number of aryl methyl sites for hydroxylation is 1. The first-order valence-electron chi connectivity index (χ1n) is 7.06. The zero-order chi connectivity index (χ0) is 14.3. The van der Waals surface area contributed by atoms with Crippen LogP contribution in [0.3, 0.4) is 0 Å². The van der Waals surface area contributed by atoms with Crippen molar-refractivity contribution < 1.29 is 9.15 Å². The summed E-state index contributed by atoms with van der Waals surface area (Å²) in [5.74, 6) is 2.04. The Hall–Kier alpha value is -0.840. The molecule has 1 aromatic heterocycles. The molecule has 4 nitrogen and oxygen atoms in total. The number of hydrogen-bond donors (Lipinski definition) is 1. The van der Waals surface area contributed by atoms with Crippen molar-refractivity contribution in [1.29, 1.82) is 0 Å². The van der Waals surface area contributed by atoms with Crippen molar-refractivity contribution in [2.24, 2.45) is 0 Å². The summed E-state index contributed by atoms with van der Waals surface area (Å²) in [4.78, 5) is 2.28. The van der Waals surface area contributed by atoms with Crippen LogP contribution in [0.15, 0.2) is 10.5 Å². The van der Waals surface area contributed by atoms with Crippen LogP contribution in [-0.2, 0) is 17.8 Å². The van der Waals surface area contributed by atoms with Gasteiger partial charge in [-0.05, 0) is 39.9 Å². The second-order valence-electron chi connectivity index (χ2n) is 5.19. The molecule has 0 bridgehead atoms. The fraction of sp³-hybridized carbons (Fsp3) is 0.733. The molecule has 0 spiro atoms. The third-order valence-corrected chi connectivity index (χ3v) is 3.38. The maximum atomic E-state index is 5.78. The molecule has 1 aromatic rings. The minimum Gasteiger partial charge on any atom is -0.465 e. The van der Waals surface area contributed by atoms with Gasteiger partial charge in [0.05, 0.1) is 13.2 Å². The van der Waals surface area contributed by atoms with Gasteiger partial charge in [-0.1, -0.05) is 6.92 Å².